The molecule has 1 aromatic heterocycles. The Morgan fingerprint density at radius 1 is 1.33 bits per heavy atom. The molecule has 0 unspecified atom stereocenters. The minimum atomic E-state index is -0.142. The SMILES string of the molecule is CN(C)c1cnn(CCOc2ccccc2CN)c(=O)c1. The molecular weight excluding hydrogens is 268 g/mol. The molecule has 2 N–H and O–H groups in total. The van der Waals surface area contributed by atoms with E-state index >= 15 is 0 Å². The highest BCUT2D eigenvalue weighted by molar-refractivity contribution is 5.40. The van der Waals surface area contributed by atoms with E-state index in [9.17, 15) is 4.79 Å². The highest BCUT2D eigenvalue weighted by Gasteiger charge is 2.04. The van der Waals surface area contributed by atoms with Crippen LogP contribution in [0.25, 0.3) is 0 Å². The van der Waals surface area contributed by atoms with Gasteiger partial charge >= 0.3 is 0 Å². The Kier molecular flexibility index (Phi) is 4.94. The molecule has 6 nitrogen and oxygen atoms in total. The van der Waals surface area contributed by atoms with Gasteiger partial charge in [-0.1, -0.05) is 18.2 Å². The van der Waals surface area contributed by atoms with Gasteiger partial charge in [0, 0.05) is 32.3 Å². The van der Waals surface area contributed by atoms with Gasteiger partial charge in [0.15, 0.2) is 0 Å². The van der Waals surface area contributed by atoms with E-state index in [2.05, 4.69) is 5.10 Å². The summed E-state index contributed by atoms with van der Waals surface area (Å²) in [6.45, 7) is 1.18. The molecule has 0 aliphatic rings. The van der Waals surface area contributed by atoms with E-state index in [0.29, 0.717) is 19.7 Å². The van der Waals surface area contributed by atoms with Crippen molar-refractivity contribution in [3.8, 4) is 5.75 Å². The van der Waals surface area contributed by atoms with E-state index in [1.807, 2.05) is 43.3 Å². The van der Waals surface area contributed by atoms with Crippen LogP contribution in [0.4, 0.5) is 5.69 Å². The first-order valence-corrected chi connectivity index (χ1v) is 6.77. The Hall–Kier alpha value is -2.34. The zero-order chi connectivity index (χ0) is 15.2. The Bertz CT molecular complexity index is 652. The largest absolute Gasteiger partial charge is 0.491 e. The highest BCUT2D eigenvalue weighted by atomic mass is 16.5. The lowest BCUT2D eigenvalue weighted by atomic mass is 10.2. The van der Waals surface area contributed by atoms with Crippen LogP contribution in [-0.2, 0) is 13.1 Å². The van der Waals surface area contributed by atoms with Crippen LogP contribution in [0.1, 0.15) is 5.56 Å². The van der Waals surface area contributed by atoms with Crippen LogP contribution in [0.2, 0.25) is 0 Å². The minimum absolute atomic E-state index is 0.142. The molecule has 1 aromatic carbocycles. The summed E-state index contributed by atoms with van der Waals surface area (Å²) in [5.74, 6) is 0.748. The normalized spacial score (nSPS) is 10.4. The Balaban J connectivity index is 1.99. The van der Waals surface area contributed by atoms with Crippen LogP contribution in [0.15, 0.2) is 41.3 Å². The number of nitrogens with zero attached hydrogens (tertiary/aromatic N) is 3. The van der Waals surface area contributed by atoms with E-state index < -0.39 is 0 Å². The van der Waals surface area contributed by atoms with Gasteiger partial charge in [0.25, 0.3) is 5.56 Å². The number of anilines is 1. The van der Waals surface area contributed by atoms with Gasteiger partial charge in [-0.3, -0.25) is 4.79 Å². The van der Waals surface area contributed by atoms with Crippen LogP contribution in [0.5, 0.6) is 5.75 Å². The first-order valence-electron chi connectivity index (χ1n) is 6.77. The summed E-state index contributed by atoms with van der Waals surface area (Å²) in [7, 11) is 3.74. The van der Waals surface area contributed by atoms with Gasteiger partial charge in [0.05, 0.1) is 18.4 Å². The maximum absolute atomic E-state index is 11.9. The van der Waals surface area contributed by atoms with E-state index in [-0.39, 0.29) is 5.56 Å². The van der Waals surface area contributed by atoms with Crippen LogP contribution in [0.3, 0.4) is 0 Å². The van der Waals surface area contributed by atoms with Crippen molar-refractivity contribution in [1.29, 1.82) is 0 Å². The predicted molar refractivity (Wildman–Crippen MR) is 82.7 cm³/mol. The Morgan fingerprint density at radius 2 is 2.10 bits per heavy atom. The smallest absolute Gasteiger partial charge is 0.268 e. The molecule has 0 bridgehead atoms. The van der Waals surface area contributed by atoms with Crippen molar-refractivity contribution in [2.75, 3.05) is 25.6 Å². The predicted octanol–water partition coefficient (Wildman–Crippen LogP) is 0.847. The van der Waals surface area contributed by atoms with Crippen LogP contribution < -0.4 is 20.9 Å². The summed E-state index contributed by atoms with van der Waals surface area (Å²) in [6.07, 6.45) is 1.66. The fourth-order valence-corrected chi connectivity index (χ4v) is 1.89. The molecule has 0 amide bonds. The van der Waals surface area contributed by atoms with Crippen molar-refractivity contribution < 1.29 is 4.74 Å². The number of rotatable bonds is 6. The van der Waals surface area contributed by atoms with Crippen molar-refractivity contribution >= 4 is 5.69 Å². The molecule has 0 saturated carbocycles. The molecule has 112 valence electrons. The molecule has 21 heavy (non-hydrogen) atoms. The summed E-state index contributed by atoms with van der Waals surface area (Å²) in [5.41, 5.74) is 7.24. The third-order valence-electron chi connectivity index (χ3n) is 3.12. The van der Waals surface area contributed by atoms with Gasteiger partial charge in [0.1, 0.15) is 12.4 Å². The summed E-state index contributed by atoms with van der Waals surface area (Å²) >= 11 is 0. The third-order valence-corrected chi connectivity index (χ3v) is 3.12. The highest BCUT2D eigenvalue weighted by Crippen LogP contribution is 2.16. The number of aromatic nitrogens is 2. The number of benzene rings is 1. The van der Waals surface area contributed by atoms with E-state index in [1.54, 1.807) is 12.3 Å². The van der Waals surface area contributed by atoms with Crippen molar-refractivity contribution in [2.45, 2.75) is 13.1 Å². The number of nitrogens with two attached hydrogens (primary N) is 1. The van der Waals surface area contributed by atoms with Crippen molar-refractivity contribution in [1.82, 2.24) is 9.78 Å². The standard InChI is InChI=1S/C15H20N4O2/c1-18(2)13-9-15(20)19(17-11-13)7-8-21-14-6-4-3-5-12(14)10-16/h3-6,9,11H,7-8,10,16H2,1-2H3. The Labute approximate surface area is 123 Å². The van der Waals surface area contributed by atoms with E-state index in [1.165, 1.54) is 4.68 Å². The summed E-state index contributed by atoms with van der Waals surface area (Å²) in [5, 5.41) is 4.13. The molecule has 0 fully saturated rings. The fraction of sp³-hybridized carbons (Fsp3) is 0.333. The van der Waals surface area contributed by atoms with Gasteiger partial charge in [-0.05, 0) is 6.07 Å². The zero-order valence-electron chi connectivity index (χ0n) is 12.3. The Morgan fingerprint density at radius 3 is 2.76 bits per heavy atom. The zero-order valence-corrected chi connectivity index (χ0v) is 12.3. The second kappa shape index (κ2) is 6.90. The molecule has 2 aromatic rings. The molecule has 1 heterocycles. The molecule has 0 saturated heterocycles. The van der Waals surface area contributed by atoms with Crippen LogP contribution >= 0.6 is 0 Å². The summed E-state index contributed by atoms with van der Waals surface area (Å²) < 4.78 is 7.06. The average molecular weight is 288 g/mol. The minimum Gasteiger partial charge on any atom is -0.491 e. The van der Waals surface area contributed by atoms with Gasteiger partial charge in [-0.15, -0.1) is 0 Å². The maximum Gasteiger partial charge on any atom is 0.268 e. The van der Waals surface area contributed by atoms with Gasteiger partial charge in [-0.2, -0.15) is 5.10 Å². The van der Waals surface area contributed by atoms with Gasteiger partial charge in [0.2, 0.25) is 0 Å². The van der Waals surface area contributed by atoms with Crippen molar-refractivity contribution in [2.24, 2.45) is 5.73 Å². The van der Waals surface area contributed by atoms with Crippen molar-refractivity contribution in [3.63, 3.8) is 0 Å². The molecule has 0 aliphatic heterocycles. The topological polar surface area (TPSA) is 73.4 Å². The second-order valence-electron chi connectivity index (χ2n) is 4.83. The lowest BCUT2D eigenvalue weighted by Crippen LogP contribution is -2.26. The molecule has 6 heteroatoms. The summed E-state index contributed by atoms with van der Waals surface area (Å²) in [4.78, 5) is 13.7. The van der Waals surface area contributed by atoms with Crippen LogP contribution in [-0.4, -0.2) is 30.5 Å². The van der Waals surface area contributed by atoms with Gasteiger partial charge < -0.3 is 15.4 Å². The first-order chi connectivity index (χ1) is 10.1. The van der Waals surface area contributed by atoms with Gasteiger partial charge in [-0.25, -0.2) is 4.68 Å². The number of para-hydroxylation sites is 1. The van der Waals surface area contributed by atoms with Crippen LogP contribution in [0, 0.1) is 0 Å². The molecule has 0 spiro atoms. The van der Waals surface area contributed by atoms with E-state index in [0.717, 1.165) is 17.0 Å². The van der Waals surface area contributed by atoms with E-state index in [4.69, 9.17) is 10.5 Å². The number of ether oxygens (including phenoxy) is 1. The van der Waals surface area contributed by atoms with Crippen molar-refractivity contribution in [3.05, 3.63) is 52.4 Å². The summed E-state index contributed by atoms with van der Waals surface area (Å²) in [6, 6.07) is 9.16. The maximum atomic E-state index is 11.9. The average Bonchev–Trinajstić information content (AvgIpc) is 2.49. The molecule has 0 atom stereocenters. The quantitative estimate of drug-likeness (QED) is 0.853. The molecule has 0 aliphatic carbocycles. The lowest BCUT2D eigenvalue weighted by Gasteiger charge is -2.13. The number of hydrogen-bond acceptors (Lipinski definition) is 5. The molecule has 0 radical (unpaired) electrons. The fourth-order valence-electron chi connectivity index (χ4n) is 1.89. The third kappa shape index (κ3) is 3.82. The molecule has 2 rings (SSSR count). The lowest BCUT2D eigenvalue weighted by molar-refractivity contribution is 0.285. The number of hydrogen-bond donors (Lipinski definition) is 1. The monoisotopic (exact) mass is 288 g/mol. The first kappa shape index (κ1) is 15.1. The second-order valence-corrected chi connectivity index (χ2v) is 4.83. The molecular formula is C15H20N4O2.